The van der Waals surface area contributed by atoms with Crippen LogP contribution in [0.3, 0.4) is 0 Å². The molecular weight excluding hydrogens is 232 g/mol. The summed E-state index contributed by atoms with van der Waals surface area (Å²) in [5.74, 6) is 0.170. The summed E-state index contributed by atoms with van der Waals surface area (Å²) >= 11 is 0. The van der Waals surface area contributed by atoms with E-state index in [9.17, 15) is 9.90 Å². The molecule has 0 heterocycles. The summed E-state index contributed by atoms with van der Waals surface area (Å²) < 4.78 is 10.1. The molecule has 0 spiro atoms. The highest BCUT2D eigenvalue weighted by atomic mass is 16.5. The zero-order chi connectivity index (χ0) is 13.5. The number of aliphatic hydroxyl groups excluding tert-OH is 1. The molecule has 0 aliphatic heterocycles. The normalized spacial score (nSPS) is 14.2. The van der Waals surface area contributed by atoms with Gasteiger partial charge in [-0.3, -0.25) is 0 Å². The lowest BCUT2D eigenvalue weighted by molar-refractivity contribution is -0.134. The molecule has 0 fully saturated rings. The molecule has 1 aromatic rings. The van der Waals surface area contributed by atoms with Gasteiger partial charge in [0.1, 0.15) is 11.9 Å². The summed E-state index contributed by atoms with van der Waals surface area (Å²) in [5.41, 5.74) is 1.06. The number of rotatable bonds is 5. The van der Waals surface area contributed by atoms with Crippen LogP contribution in [0.15, 0.2) is 36.4 Å². The van der Waals surface area contributed by atoms with Crippen LogP contribution in [0.25, 0.3) is 0 Å². The van der Waals surface area contributed by atoms with Crippen LogP contribution in [0.5, 0.6) is 5.75 Å². The Labute approximate surface area is 107 Å². The van der Waals surface area contributed by atoms with Crippen molar-refractivity contribution in [2.75, 3.05) is 7.11 Å². The standard InChI is InChI=1S/C14H18O4/c1-10-5-4-6-12(9-10)18-13(11(2)15)7-8-14(16)17-3/h4-9,11,13,15H,1-3H3/b8-7+/t11-,13+/m0/s1. The van der Waals surface area contributed by atoms with Crippen LogP contribution in [0.4, 0.5) is 0 Å². The Balaban J connectivity index is 2.75. The maximum Gasteiger partial charge on any atom is 0.330 e. The van der Waals surface area contributed by atoms with E-state index in [1.165, 1.54) is 19.3 Å². The van der Waals surface area contributed by atoms with E-state index in [0.717, 1.165) is 5.56 Å². The van der Waals surface area contributed by atoms with Gasteiger partial charge < -0.3 is 14.6 Å². The highest BCUT2D eigenvalue weighted by Gasteiger charge is 2.14. The largest absolute Gasteiger partial charge is 0.484 e. The number of carbonyl (C=O) groups excluding carboxylic acids is 1. The van der Waals surface area contributed by atoms with E-state index in [1.54, 1.807) is 13.0 Å². The highest BCUT2D eigenvalue weighted by molar-refractivity contribution is 5.81. The van der Waals surface area contributed by atoms with Gasteiger partial charge in [-0.25, -0.2) is 4.79 Å². The van der Waals surface area contributed by atoms with Gasteiger partial charge in [0.25, 0.3) is 0 Å². The first kappa shape index (κ1) is 14.3. The quantitative estimate of drug-likeness (QED) is 0.640. The molecule has 0 bridgehead atoms. The van der Waals surface area contributed by atoms with Gasteiger partial charge >= 0.3 is 5.97 Å². The average Bonchev–Trinajstić information content (AvgIpc) is 2.33. The lowest BCUT2D eigenvalue weighted by Crippen LogP contribution is -2.27. The van der Waals surface area contributed by atoms with Crippen molar-refractivity contribution in [1.29, 1.82) is 0 Å². The minimum Gasteiger partial charge on any atom is -0.484 e. The fourth-order valence-corrected chi connectivity index (χ4v) is 1.39. The van der Waals surface area contributed by atoms with Crippen molar-refractivity contribution < 1.29 is 19.4 Å². The van der Waals surface area contributed by atoms with Crippen molar-refractivity contribution in [3.63, 3.8) is 0 Å². The fraction of sp³-hybridized carbons (Fsp3) is 0.357. The van der Waals surface area contributed by atoms with Crippen LogP contribution in [0.2, 0.25) is 0 Å². The Kier molecular flexibility index (Phi) is 5.39. The smallest absolute Gasteiger partial charge is 0.330 e. The Morgan fingerprint density at radius 1 is 1.44 bits per heavy atom. The molecule has 4 heteroatoms. The van der Waals surface area contributed by atoms with Gasteiger partial charge in [0.15, 0.2) is 0 Å². The van der Waals surface area contributed by atoms with Crippen molar-refractivity contribution in [3.8, 4) is 5.75 Å². The van der Waals surface area contributed by atoms with Crippen LogP contribution in [-0.4, -0.2) is 30.4 Å². The van der Waals surface area contributed by atoms with Crippen LogP contribution in [0.1, 0.15) is 12.5 Å². The molecule has 1 N–H and O–H groups in total. The Bertz CT molecular complexity index is 424. The zero-order valence-corrected chi connectivity index (χ0v) is 10.8. The van der Waals surface area contributed by atoms with E-state index >= 15 is 0 Å². The number of carbonyl (C=O) groups is 1. The van der Waals surface area contributed by atoms with Crippen molar-refractivity contribution >= 4 is 5.97 Å². The molecule has 0 aliphatic carbocycles. The minimum atomic E-state index is -0.730. The monoisotopic (exact) mass is 250 g/mol. The van der Waals surface area contributed by atoms with Gasteiger partial charge in [-0.05, 0) is 37.6 Å². The first-order valence-corrected chi connectivity index (χ1v) is 5.70. The van der Waals surface area contributed by atoms with E-state index < -0.39 is 18.2 Å². The third kappa shape index (κ3) is 4.59. The molecule has 2 atom stereocenters. The Morgan fingerprint density at radius 3 is 2.72 bits per heavy atom. The van der Waals surface area contributed by atoms with E-state index in [2.05, 4.69) is 4.74 Å². The maximum absolute atomic E-state index is 11.0. The highest BCUT2D eigenvalue weighted by Crippen LogP contribution is 2.16. The number of aryl methyl sites for hydroxylation is 1. The van der Waals surface area contributed by atoms with Crippen molar-refractivity contribution in [2.24, 2.45) is 0 Å². The van der Waals surface area contributed by atoms with Gasteiger partial charge in [-0.2, -0.15) is 0 Å². The van der Waals surface area contributed by atoms with Gasteiger partial charge in [-0.15, -0.1) is 0 Å². The second-order valence-corrected chi connectivity index (χ2v) is 4.02. The Morgan fingerprint density at radius 2 is 2.17 bits per heavy atom. The van der Waals surface area contributed by atoms with Crippen molar-refractivity contribution in [1.82, 2.24) is 0 Å². The molecule has 98 valence electrons. The first-order valence-electron chi connectivity index (χ1n) is 5.70. The summed E-state index contributed by atoms with van der Waals surface area (Å²) in [6.07, 6.45) is 1.41. The fourth-order valence-electron chi connectivity index (χ4n) is 1.39. The number of methoxy groups -OCH3 is 1. The molecule has 1 rings (SSSR count). The Hall–Kier alpha value is -1.81. The van der Waals surface area contributed by atoms with E-state index in [-0.39, 0.29) is 0 Å². The van der Waals surface area contributed by atoms with Crippen molar-refractivity contribution in [2.45, 2.75) is 26.1 Å². The van der Waals surface area contributed by atoms with Gasteiger partial charge in [0.2, 0.25) is 0 Å². The number of hydrogen-bond acceptors (Lipinski definition) is 4. The lowest BCUT2D eigenvalue weighted by Gasteiger charge is -2.18. The number of esters is 1. The predicted octanol–water partition coefficient (Wildman–Crippen LogP) is 1.85. The molecule has 18 heavy (non-hydrogen) atoms. The predicted molar refractivity (Wildman–Crippen MR) is 68.4 cm³/mol. The SMILES string of the molecule is COC(=O)/C=C/[C@@H](Oc1cccc(C)c1)[C@H](C)O. The second-order valence-electron chi connectivity index (χ2n) is 4.02. The molecule has 0 saturated carbocycles. The van der Waals surface area contributed by atoms with Crippen LogP contribution in [0, 0.1) is 6.92 Å². The molecule has 0 aliphatic rings. The molecule has 0 saturated heterocycles. The van der Waals surface area contributed by atoms with E-state index in [0.29, 0.717) is 5.75 Å². The van der Waals surface area contributed by atoms with Crippen LogP contribution < -0.4 is 4.74 Å². The van der Waals surface area contributed by atoms with Crippen molar-refractivity contribution in [3.05, 3.63) is 42.0 Å². The molecule has 1 aromatic carbocycles. The molecule has 0 unspecified atom stereocenters. The summed E-state index contributed by atoms with van der Waals surface area (Å²) in [7, 11) is 1.30. The molecular formula is C14H18O4. The van der Waals surface area contributed by atoms with Crippen LogP contribution in [-0.2, 0) is 9.53 Å². The van der Waals surface area contributed by atoms with E-state index in [4.69, 9.17) is 4.74 Å². The topological polar surface area (TPSA) is 55.8 Å². The molecule has 0 radical (unpaired) electrons. The van der Waals surface area contributed by atoms with E-state index in [1.807, 2.05) is 25.1 Å². The summed E-state index contributed by atoms with van der Waals surface area (Å²) in [6.45, 7) is 3.55. The average molecular weight is 250 g/mol. The van der Waals surface area contributed by atoms with Crippen LogP contribution >= 0.6 is 0 Å². The molecule has 0 aromatic heterocycles. The maximum atomic E-state index is 11.0. The minimum absolute atomic E-state index is 0.478. The number of hydrogen-bond donors (Lipinski definition) is 1. The molecule has 4 nitrogen and oxygen atoms in total. The number of ether oxygens (including phenoxy) is 2. The summed E-state index contributed by atoms with van der Waals surface area (Å²) in [5, 5.41) is 9.60. The van der Waals surface area contributed by atoms with Gasteiger partial charge in [0, 0.05) is 6.08 Å². The number of benzene rings is 1. The second kappa shape index (κ2) is 6.81. The third-order valence-electron chi connectivity index (χ3n) is 2.36. The first-order chi connectivity index (χ1) is 8.52. The lowest BCUT2D eigenvalue weighted by atomic mass is 10.2. The van der Waals surface area contributed by atoms with Gasteiger partial charge in [0.05, 0.1) is 13.2 Å². The molecule has 0 amide bonds. The van der Waals surface area contributed by atoms with Gasteiger partial charge in [-0.1, -0.05) is 12.1 Å². The third-order valence-corrected chi connectivity index (χ3v) is 2.36. The summed E-state index contributed by atoms with van der Waals surface area (Å²) in [4.78, 5) is 11.0. The summed E-state index contributed by atoms with van der Waals surface area (Å²) in [6, 6.07) is 7.48. The zero-order valence-electron chi connectivity index (χ0n) is 10.8. The number of aliphatic hydroxyl groups is 1.